The van der Waals surface area contributed by atoms with Gasteiger partial charge in [0.25, 0.3) is 5.56 Å². The lowest BCUT2D eigenvalue weighted by Gasteiger charge is -2.07. The second-order valence-corrected chi connectivity index (χ2v) is 6.66. The van der Waals surface area contributed by atoms with Crippen molar-refractivity contribution in [2.24, 2.45) is 0 Å². The minimum absolute atomic E-state index is 0.152. The first-order valence-corrected chi connectivity index (χ1v) is 8.30. The topological polar surface area (TPSA) is 75.1 Å². The van der Waals surface area contributed by atoms with Gasteiger partial charge in [-0.25, -0.2) is 4.79 Å². The highest BCUT2D eigenvalue weighted by Gasteiger charge is 2.10. The first-order chi connectivity index (χ1) is 11.0. The number of fused-ring (bicyclic) bond motifs is 1. The number of hydrogen-bond acceptors (Lipinski definition) is 4. The lowest BCUT2D eigenvalue weighted by Crippen LogP contribution is -2.22. The van der Waals surface area contributed by atoms with Crippen LogP contribution in [0, 0.1) is 4.77 Å². The average molecular weight is 346 g/mol. The Balaban J connectivity index is 2.10. The maximum Gasteiger partial charge on any atom is 0.335 e. The first-order valence-electron chi connectivity index (χ1n) is 7.07. The maximum absolute atomic E-state index is 12.7. The molecule has 0 unspecified atom stereocenters. The molecule has 2 aromatic heterocycles. The summed E-state index contributed by atoms with van der Waals surface area (Å²) in [4.78, 5) is 28.7. The van der Waals surface area contributed by atoms with E-state index in [1.54, 1.807) is 18.2 Å². The lowest BCUT2D eigenvalue weighted by atomic mass is 10.1. The second-order valence-electron chi connectivity index (χ2n) is 5.14. The summed E-state index contributed by atoms with van der Waals surface area (Å²) >= 11 is 6.83. The first kappa shape index (κ1) is 15.6. The molecule has 2 heterocycles. The smallest absolute Gasteiger partial charge is 0.335 e. The Morgan fingerprint density at radius 2 is 2.17 bits per heavy atom. The molecule has 0 bridgehead atoms. The zero-order valence-electron chi connectivity index (χ0n) is 12.3. The number of aromatic carboxylic acids is 1. The molecule has 0 atom stereocenters. The molecule has 0 aliphatic rings. The molecule has 0 amide bonds. The fourth-order valence-corrected chi connectivity index (χ4v) is 3.70. The molecule has 23 heavy (non-hydrogen) atoms. The van der Waals surface area contributed by atoms with Gasteiger partial charge >= 0.3 is 5.97 Å². The Morgan fingerprint density at radius 1 is 1.39 bits per heavy atom. The van der Waals surface area contributed by atoms with E-state index in [1.807, 2.05) is 13.0 Å². The number of carboxylic acids is 1. The molecule has 3 aromatic rings. The van der Waals surface area contributed by atoms with Crippen molar-refractivity contribution in [2.45, 2.75) is 19.9 Å². The predicted molar refractivity (Wildman–Crippen MR) is 93.2 cm³/mol. The number of rotatable bonds is 4. The van der Waals surface area contributed by atoms with Gasteiger partial charge in [0.15, 0.2) is 4.77 Å². The van der Waals surface area contributed by atoms with Gasteiger partial charge in [0.1, 0.15) is 4.83 Å². The van der Waals surface area contributed by atoms with E-state index >= 15 is 0 Å². The molecule has 7 heteroatoms. The second kappa shape index (κ2) is 6.10. The van der Waals surface area contributed by atoms with Crippen LogP contribution >= 0.6 is 23.6 Å². The molecule has 0 fully saturated rings. The standard InChI is InChI=1S/C16H14N2O3S2/c1-2-11-7-12-13(23-11)17-16(22)18(14(12)19)8-9-4-3-5-10(6-9)15(20)21/h3-7H,2,8H2,1H3,(H,17,22)(H,20,21). The van der Waals surface area contributed by atoms with E-state index in [4.69, 9.17) is 17.3 Å². The summed E-state index contributed by atoms with van der Waals surface area (Å²) in [5, 5.41) is 9.68. The minimum Gasteiger partial charge on any atom is -0.478 e. The van der Waals surface area contributed by atoms with Gasteiger partial charge in [0.2, 0.25) is 0 Å². The minimum atomic E-state index is -0.995. The van der Waals surface area contributed by atoms with Crippen molar-refractivity contribution in [2.75, 3.05) is 0 Å². The zero-order chi connectivity index (χ0) is 16.6. The molecule has 0 aliphatic heterocycles. The third-order valence-electron chi connectivity index (χ3n) is 3.59. The van der Waals surface area contributed by atoms with Gasteiger partial charge < -0.3 is 10.1 Å². The lowest BCUT2D eigenvalue weighted by molar-refractivity contribution is 0.0696. The van der Waals surface area contributed by atoms with Gasteiger partial charge in [-0.15, -0.1) is 11.3 Å². The Morgan fingerprint density at radius 3 is 2.87 bits per heavy atom. The van der Waals surface area contributed by atoms with Crippen LogP contribution in [0.2, 0.25) is 0 Å². The van der Waals surface area contributed by atoms with Crippen molar-refractivity contribution in [3.8, 4) is 0 Å². The van der Waals surface area contributed by atoms with Gasteiger partial charge in [0, 0.05) is 4.88 Å². The van der Waals surface area contributed by atoms with Crippen LogP contribution in [-0.2, 0) is 13.0 Å². The maximum atomic E-state index is 12.7. The summed E-state index contributed by atoms with van der Waals surface area (Å²) in [6.07, 6.45) is 0.861. The van der Waals surface area contributed by atoms with E-state index in [0.717, 1.165) is 21.7 Å². The molecule has 1 aromatic carbocycles. The summed E-state index contributed by atoms with van der Waals surface area (Å²) in [6, 6.07) is 8.40. The third kappa shape index (κ3) is 2.97. The average Bonchev–Trinajstić information content (AvgIpc) is 2.95. The number of benzene rings is 1. The van der Waals surface area contributed by atoms with E-state index in [9.17, 15) is 9.59 Å². The highest BCUT2D eigenvalue weighted by molar-refractivity contribution is 7.71. The number of nitrogens with zero attached hydrogens (tertiary/aromatic N) is 1. The summed E-state index contributed by atoms with van der Waals surface area (Å²) in [5.41, 5.74) is 0.757. The molecule has 118 valence electrons. The molecule has 0 spiro atoms. The Hall–Kier alpha value is -2.25. The molecule has 0 saturated carbocycles. The van der Waals surface area contributed by atoms with Crippen LogP contribution in [0.4, 0.5) is 0 Å². The molecule has 5 nitrogen and oxygen atoms in total. The SMILES string of the molecule is CCc1cc2c(=O)n(Cc3cccc(C(=O)O)c3)c(=S)[nH]c2s1. The number of aromatic nitrogens is 2. The molecule has 2 N–H and O–H groups in total. The zero-order valence-corrected chi connectivity index (χ0v) is 14.0. The van der Waals surface area contributed by atoms with Gasteiger partial charge in [0.05, 0.1) is 17.5 Å². The van der Waals surface area contributed by atoms with E-state index in [-0.39, 0.29) is 17.7 Å². The van der Waals surface area contributed by atoms with Crippen molar-refractivity contribution in [3.05, 3.63) is 61.5 Å². The van der Waals surface area contributed by atoms with Crippen LogP contribution in [0.15, 0.2) is 35.1 Å². The van der Waals surface area contributed by atoms with Crippen molar-refractivity contribution in [1.29, 1.82) is 0 Å². The fourth-order valence-electron chi connectivity index (χ4n) is 2.40. The molecule has 0 radical (unpaired) electrons. The van der Waals surface area contributed by atoms with E-state index in [0.29, 0.717) is 10.2 Å². The van der Waals surface area contributed by atoms with Gasteiger partial charge in [-0.3, -0.25) is 9.36 Å². The predicted octanol–water partition coefficient (Wildman–Crippen LogP) is 3.43. The number of thiophene rings is 1. The normalized spacial score (nSPS) is 11.0. The Bertz CT molecular complexity index is 1010. The summed E-state index contributed by atoms with van der Waals surface area (Å²) in [5.74, 6) is -0.995. The number of nitrogens with one attached hydrogen (secondary N) is 1. The fraction of sp³-hybridized carbons (Fsp3) is 0.188. The highest BCUT2D eigenvalue weighted by atomic mass is 32.1. The summed E-state index contributed by atoms with van der Waals surface area (Å²) < 4.78 is 1.80. The number of hydrogen-bond donors (Lipinski definition) is 2. The Labute approximate surface area is 140 Å². The molecule has 0 saturated heterocycles. The van der Waals surface area contributed by atoms with Gasteiger partial charge in [-0.2, -0.15) is 0 Å². The molecule has 0 aliphatic carbocycles. The van der Waals surface area contributed by atoms with Crippen molar-refractivity contribution in [1.82, 2.24) is 9.55 Å². The number of carboxylic acid groups (broad SMARTS) is 1. The van der Waals surface area contributed by atoms with Crippen molar-refractivity contribution in [3.63, 3.8) is 0 Å². The summed E-state index contributed by atoms with van der Waals surface area (Å²) in [6.45, 7) is 2.28. The highest BCUT2D eigenvalue weighted by Crippen LogP contribution is 2.21. The van der Waals surface area contributed by atoms with Gasteiger partial charge in [-0.05, 0) is 42.4 Å². The number of H-pyrrole nitrogens is 1. The van der Waals surface area contributed by atoms with Crippen LogP contribution in [0.5, 0.6) is 0 Å². The quantitative estimate of drug-likeness (QED) is 0.710. The van der Waals surface area contributed by atoms with Crippen LogP contribution in [0.3, 0.4) is 0 Å². The largest absolute Gasteiger partial charge is 0.478 e. The van der Waals surface area contributed by atoms with Gasteiger partial charge in [-0.1, -0.05) is 19.1 Å². The third-order valence-corrected chi connectivity index (χ3v) is 5.10. The number of aryl methyl sites for hydroxylation is 1. The molecule has 3 rings (SSSR count). The number of carbonyl (C=O) groups is 1. The van der Waals surface area contributed by atoms with E-state index in [2.05, 4.69) is 4.98 Å². The molecular formula is C16H14N2O3S2. The van der Waals surface area contributed by atoms with Crippen molar-refractivity contribution >= 4 is 39.7 Å². The van der Waals surface area contributed by atoms with Crippen molar-refractivity contribution < 1.29 is 9.90 Å². The monoisotopic (exact) mass is 346 g/mol. The van der Waals surface area contributed by atoms with E-state index < -0.39 is 5.97 Å². The molecular weight excluding hydrogens is 332 g/mol. The number of aromatic amines is 1. The van der Waals surface area contributed by atoms with Crippen LogP contribution < -0.4 is 5.56 Å². The summed E-state index contributed by atoms with van der Waals surface area (Å²) in [7, 11) is 0. The van der Waals surface area contributed by atoms with Crippen LogP contribution in [0.25, 0.3) is 10.2 Å². The van der Waals surface area contributed by atoms with E-state index in [1.165, 1.54) is 22.0 Å². The van der Waals surface area contributed by atoms with Crippen LogP contribution in [-0.4, -0.2) is 20.6 Å². The Kier molecular flexibility index (Phi) is 4.14. The van der Waals surface area contributed by atoms with Crippen LogP contribution in [0.1, 0.15) is 27.7 Å².